The minimum atomic E-state index is 1.02. The summed E-state index contributed by atoms with van der Waals surface area (Å²) >= 11 is 0. The van der Waals surface area contributed by atoms with Crippen molar-refractivity contribution >= 4 is 0 Å². The van der Waals surface area contributed by atoms with Gasteiger partial charge in [-0.25, -0.2) is 0 Å². The monoisotopic (exact) mass is 152 g/mol. The third-order valence-electron chi connectivity index (χ3n) is 3.75. The molecule has 64 valence electrons. The lowest BCUT2D eigenvalue weighted by Crippen LogP contribution is -2.22. The SMILES string of the molecule is CC1CCC(C)C(C2CC2)C1. The van der Waals surface area contributed by atoms with E-state index in [2.05, 4.69) is 13.8 Å². The van der Waals surface area contributed by atoms with E-state index in [0.717, 1.165) is 23.7 Å². The fourth-order valence-corrected chi connectivity index (χ4v) is 2.76. The van der Waals surface area contributed by atoms with Gasteiger partial charge in [0.1, 0.15) is 0 Å². The molecule has 0 heterocycles. The van der Waals surface area contributed by atoms with Crippen molar-refractivity contribution in [1.29, 1.82) is 0 Å². The minimum Gasteiger partial charge on any atom is -0.0625 e. The van der Waals surface area contributed by atoms with Gasteiger partial charge in [0.15, 0.2) is 0 Å². The van der Waals surface area contributed by atoms with Crippen molar-refractivity contribution in [3.8, 4) is 0 Å². The molecule has 2 saturated carbocycles. The van der Waals surface area contributed by atoms with Crippen LogP contribution in [-0.4, -0.2) is 0 Å². The first-order valence-corrected chi connectivity index (χ1v) is 5.27. The molecule has 11 heavy (non-hydrogen) atoms. The van der Waals surface area contributed by atoms with E-state index < -0.39 is 0 Å². The number of hydrogen-bond acceptors (Lipinski definition) is 0. The average molecular weight is 152 g/mol. The van der Waals surface area contributed by atoms with Crippen LogP contribution in [0.4, 0.5) is 0 Å². The molecule has 0 aromatic carbocycles. The molecule has 0 nitrogen and oxygen atoms in total. The summed E-state index contributed by atoms with van der Waals surface area (Å²) in [5.41, 5.74) is 0. The Balaban J connectivity index is 1.93. The first kappa shape index (κ1) is 7.64. The lowest BCUT2D eigenvalue weighted by Gasteiger charge is -2.32. The van der Waals surface area contributed by atoms with Crippen molar-refractivity contribution in [1.82, 2.24) is 0 Å². The standard InChI is InChI=1S/C11H20/c1-8-3-4-9(2)11(7-8)10-5-6-10/h8-11H,3-7H2,1-2H3. The topological polar surface area (TPSA) is 0 Å². The van der Waals surface area contributed by atoms with Crippen molar-refractivity contribution in [3.05, 3.63) is 0 Å². The highest BCUT2D eigenvalue weighted by Gasteiger charge is 2.37. The Morgan fingerprint density at radius 1 is 0.909 bits per heavy atom. The maximum absolute atomic E-state index is 2.47. The second kappa shape index (κ2) is 2.80. The summed E-state index contributed by atoms with van der Waals surface area (Å²) in [5, 5.41) is 0. The van der Waals surface area contributed by atoms with E-state index in [0.29, 0.717) is 0 Å². The van der Waals surface area contributed by atoms with Gasteiger partial charge < -0.3 is 0 Å². The first-order valence-electron chi connectivity index (χ1n) is 5.27. The normalized spacial score (nSPS) is 45.8. The van der Waals surface area contributed by atoms with Crippen LogP contribution in [0.15, 0.2) is 0 Å². The average Bonchev–Trinajstić information content (AvgIpc) is 2.76. The molecule has 3 atom stereocenters. The van der Waals surface area contributed by atoms with E-state index in [9.17, 15) is 0 Å². The van der Waals surface area contributed by atoms with Crippen molar-refractivity contribution in [2.24, 2.45) is 23.7 Å². The molecule has 0 aromatic rings. The molecule has 0 bridgehead atoms. The van der Waals surface area contributed by atoms with Crippen LogP contribution in [0.3, 0.4) is 0 Å². The molecule has 2 fully saturated rings. The summed E-state index contributed by atoms with van der Waals surface area (Å²) < 4.78 is 0. The van der Waals surface area contributed by atoms with Gasteiger partial charge >= 0.3 is 0 Å². The second-order valence-electron chi connectivity index (χ2n) is 4.90. The van der Waals surface area contributed by atoms with E-state index in [-0.39, 0.29) is 0 Å². The summed E-state index contributed by atoms with van der Waals surface area (Å²) in [6, 6.07) is 0. The molecule has 0 amide bonds. The summed E-state index contributed by atoms with van der Waals surface area (Å²) in [4.78, 5) is 0. The maximum atomic E-state index is 2.47. The fraction of sp³-hybridized carbons (Fsp3) is 1.00. The second-order valence-corrected chi connectivity index (χ2v) is 4.90. The van der Waals surface area contributed by atoms with E-state index in [4.69, 9.17) is 0 Å². The smallest absolute Gasteiger partial charge is 0.0358 e. The molecule has 0 N–H and O–H groups in total. The molecule has 0 aliphatic heterocycles. The number of hydrogen-bond donors (Lipinski definition) is 0. The zero-order valence-electron chi connectivity index (χ0n) is 7.84. The summed E-state index contributed by atoms with van der Waals surface area (Å²) in [7, 11) is 0. The van der Waals surface area contributed by atoms with Gasteiger partial charge in [-0.1, -0.05) is 26.7 Å². The van der Waals surface area contributed by atoms with Crippen LogP contribution in [0.1, 0.15) is 46.0 Å². The van der Waals surface area contributed by atoms with Crippen LogP contribution < -0.4 is 0 Å². The van der Waals surface area contributed by atoms with Crippen LogP contribution in [0.2, 0.25) is 0 Å². The Kier molecular flexibility index (Phi) is 1.95. The fourth-order valence-electron chi connectivity index (χ4n) is 2.76. The quantitative estimate of drug-likeness (QED) is 0.539. The molecular formula is C11H20. The Morgan fingerprint density at radius 3 is 2.27 bits per heavy atom. The van der Waals surface area contributed by atoms with Crippen molar-refractivity contribution in [2.45, 2.75) is 46.0 Å². The van der Waals surface area contributed by atoms with Crippen molar-refractivity contribution < 1.29 is 0 Å². The lowest BCUT2D eigenvalue weighted by atomic mass is 9.73. The zero-order valence-corrected chi connectivity index (χ0v) is 7.84. The Bertz CT molecular complexity index is 135. The van der Waals surface area contributed by atoms with Gasteiger partial charge in [0.25, 0.3) is 0 Å². The molecule has 0 radical (unpaired) electrons. The molecule has 3 unspecified atom stereocenters. The van der Waals surface area contributed by atoms with E-state index >= 15 is 0 Å². The van der Waals surface area contributed by atoms with Gasteiger partial charge in [0, 0.05) is 0 Å². The van der Waals surface area contributed by atoms with E-state index in [1.165, 1.54) is 19.3 Å². The summed E-state index contributed by atoms with van der Waals surface area (Å²) in [6.45, 7) is 4.90. The highest BCUT2D eigenvalue weighted by molar-refractivity contribution is 4.87. The third kappa shape index (κ3) is 1.60. The van der Waals surface area contributed by atoms with Crippen molar-refractivity contribution in [3.63, 3.8) is 0 Å². The van der Waals surface area contributed by atoms with Gasteiger partial charge in [-0.2, -0.15) is 0 Å². The summed E-state index contributed by atoms with van der Waals surface area (Å²) in [5.74, 6) is 4.32. The molecular weight excluding hydrogens is 132 g/mol. The van der Waals surface area contributed by atoms with Crippen LogP contribution in [0, 0.1) is 23.7 Å². The minimum absolute atomic E-state index is 1.02. The maximum Gasteiger partial charge on any atom is -0.0358 e. The van der Waals surface area contributed by atoms with E-state index in [1.54, 1.807) is 12.8 Å². The third-order valence-corrected chi connectivity index (χ3v) is 3.75. The van der Waals surface area contributed by atoms with Gasteiger partial charge in [0.2, 0.25) is 0 Å². The highest BCUT2D eigenvalue weighted by Crippen LogP contribution is 2.47. The molecule has 2 rings (SSSR count). The van der Waals surface area contributed by atoms with Gasteiger partial charge in [-0.3, -0.25) is 0 Å². The highest BCUT2D eigenvalue weighted by atomic mass is 14.4. The molecule has 0 aromatic heterocycles. The Hall–Kier alpha value is 0. The first-order chi connectivity index (χ1) is 5.27. The van der Waals surface area contributed by atoms with Gasteiger partial charge in [-0.15, -0.1) is 0 Å². The zero-order chi connectivity index (χ0) is 7.84. The number of rotatable bonds is 1. The van der Waals surface area contributed by atoms with Crippen LogP contribution in [-0.2, 0) is 0 Å². The predicted molar refractivity (Wildman–Crippen MR) is 48.4 cm³/mol. The van der Waals surface area contributed by atoms with Crippen LogP contribution in [0.25, 0.3) is 0 Å². The van der Waals surface area contributed by atoms with Crippen molar-refractivity contribution in [2.75, 3.05) is 0 Å². The van der Waals surface area contributed by atoms with Crippen LogP contribution >= 0.6 is 0 Å². The Morgan fingerprint density at radius 2 is 1.64 bits per heavy atom. The molecule has 0 spiro atoms. The molecule has 0 heteroatoms. The molecule has 2 aliphatic carbocycles. The largest absolute Gasteiger partial charge is 0.0625 e. The van der Waals surface area contributed by atoms with E-state index in [1.807, 2.05) is 0 Å². The lowest BCUT2D eigenvalue weighted by molar-refractivity contribution is 0.181. The molecule has 0 saturated heterocycles. The summed E-state index contributed by atoms with van der Waals surface area (Å²) in [6.07, 6.45) is 7.61. The van der Waals surface area contributed by atoms with Gasteiger partial charge in [-0.05, 0) is 42.9 Å². The van der Waals surface area contributed by atoms with Crippen LogP contribution in [0.5, 0.6) is 0 Å². The Labute approximate surface area is 70.4 Å². The van der Waals surface area contributed by atoms with Gasteiger partial charge in [0.05, 0.1) is 0 Å². The predicted octanol–water partition coefficient (Wildman–Crippen LogP) is 3.47. The molecule has 2 aliphatic rings.